The van der Waals surface area contributed by atoms with Gasteiger partial charge in [0.15, 0.2) is 11.5 Å². The number of rotatable bonds is 9. The van der Waals surface area contributed by atoms with E-state index < -0.39 is 0 Å². The van der Waals surface area contributed by atoms with Gasteiger partial charge >= 0.3 is 0 Å². The molecule has 1 aliphatic rings. The van der Waals surface area contributed by atoms with E-state index in [0.29, 0.717) is 56.3 Å². The van der Waals surface area contributed by atoms with Crippen molar-refractivity contribution in [3.63, 3.8) is 0 Å². The molecule has 158 valence electrons. The summed E-state index contributed by atoms with van der Waals surface area (Å²) in [5, 5.41) is 2.89. The van der Waals surface area contributed by atoms with Gasteiger partial charge in [-0.05, 0) is 51.3 Å². The maximum atomic E-state index is 13.1. The standard InChI is InChI=1S/C20H31N3O4.ClH/c1-3-26-17-9-8-15(13-18(17)27-4-2)20(25)23-12-6-5-7-16(23)14-22-19(24)10-11-21;/h8-9,13,16H,3-7,10-12,14,21H2,1-2H3,(H,22,24);1H. The van der Waals surface area contributed by atoms with Crippen LogP contribution in [-0.4, -0.2) is 55.6 Å². The zero-order chi connectivity index (χ0) is 19.6. The summed E-state index contributed by atoms with van der Waals surface area (Å²) in [7, 11) is 0. The van der Waals surface area contributed by atoms with Crippen molar-refractivity contribution in [3.8, 4) is 11.5 Å². The first-order valence-electron chi connectivity index (χ1n) is 9.78. The summed E-state index contributed by atoms with van der Waals surface area (Å²) in [6.45, 7) is 6.31. The maximum Gasteiger partial charge on any atom is 0.254 e. The number of likely N-dealkylation sites (tertiary alicyclic amines) is 1. The van der Waals surface area contributed by atoms with Crippen molar-refractivity contribution in [3.05, 3.63) is 23.8 Å². The van der Waals surface area contributed by atoms with Gasteiger partial charge in [0.1, 0.15) is 0 Å². The zero-order valence-corrected chi connectivity index (χ0v) is 17.6. The van der Waals surface area contributed by atoms with Crippen LogP contribution in [0.2, 0.25) is 0 Å². The highest BCUT2D eigenvalue weighted by Crippen LogP contribution is 2.30. The second-order valence-corrected chi connectivity index (χ2v) is 6.52. The SMILES string of the molecule is CCOc1ccc(C(=O)N2CCCCC2CNC(=O)CCN)cc1OCC.Cl. The summed E-state index contributed by atoms with van der Waals surface area (Å²) >= 11 is 0. The number of piperidine rings is 1. The summed E-state index contributed by atoms with van der Waals surface area (Å²) in [5.74, 6) is 1.10. The average molecular weight is 414 g/mol. The summed E-state index contributed by atoms with van der Waals surface area (Å²) in [6, 6.07) is 5.29. The molecule has 0 aliphatic carbocycles. The summed E-state index contributed by atoms with van der Waals surface area (Å²) in [4.78, 5) is 26.7. The summed E-state index contributed by atoms with van der Waals surface area (Å²) < 4.78 is 11.2. The van der Waals surface area contributed by atoms with Crippen molar-refractivity contribution >= 4 is 24.2 Å². The predicted octanol–water partition coefficient (Wildman–Crippen LogP) is 2.37. The molecule has 1 unspecified atom stereocenters. The number of hydrogen-bond acceptors (Lipinski definition) is 5. The molecule has 0 bridgehead atoms. The molecule has 0 spiro atoms. The molecule has 7 nitrogen and oxygen atoms in total. The molecule has 1 aromatic rings. The van der Waals surface area contributed by atoms with Crippen molar-refractivity contribution < 1.29 is 19.1 Å². The molecule has 3 N–H and O–H groups in total. The molecule has 28 heavy (non-hydrogen) atoms. The fourth-order valence-electron chi connectivity index (χ4n) is 3.28. The van der Waals surface area contributed by atoms with E-state index in [9.17, 15) is 9.59 Å². The molecule has 0 radical (unpaired) electrons. The fourth-order valence-corrected chi connectivity index (χ4v) is 3.28. The molecule has 1 heterocycles. The molecular weight excluding hydrogens is 382 g/mol. The maximum absolute atomic E-state index is 13.1. The van der Waals surface area contributed by atoms with Gasteiger partial charge in [-0.1, -0.05) is 0 Å². The van der Waals surface area contributed by atoms with Crippen molar-refractivity contribution in [2.24, 2.45) is 5.73 Å². The Balaban J connectivity index is 0.00000392. The number of benzene rings is 1. The van der Waals surface area contributed by atoms with E-state index in [1.807, 2.05) is 18.7 Å². The van der Waals surface area contributed by atoms with E-state index in [4.69, 9.17) is 15.2 Å². The number of amides is 2. The van der Waals surface area contributed by atoms with Crippen LogP contribution in [0.1, 0.15) is 49.9 Å². The minimum absolute atomic E-state index is 0. The van der Waals surface area contributed by atoms with E-state index in [0.717, 1.165) is 19.3 Å². The first-order chi connectivity index (χ1) is 13.1. The van der Waals surface area contributed by atoms with Crippen LogP contribution in [0.4, 0.5) is 0 Å². The van der Waals surface area contributed by atoms with Gasteiger partial charge in [-0.25, -0.2) is 0 Å². The Morgan fingerprint density at radius 2 is 1.89 bits per heavy atom. The third-order valence-corrected chi connectivity index (χ3v) is 4.58. The Morgan fingerprint density at radius 1 is 1.18 bits per heavy atom. The third kappa shape index (κ3) is 6.56. The normalized spacial score (nSPS) is 16.1. The molecule has 0 aromatic heterocycles. The molecule has 1 fully saturated rings. The number of hydrogen-bond donors (Lipinski definition) is 2. The number of carbonyl (C=O) groups is 2. The van der Waals surface area contributed by atoms with E-state index in [-0.39, 0.29) is 30.3 Å². The summed E-state index contributed by atoms with van der Waals surface area (Å²) in [5.41, 5.74) is 5.99. The van der Waals surface area contributed by atoms with Gasteiger partial charge in [0.25, 0.3) is 5.91 Å². The van der Waals surface area contributed by atoms with Crippen LogP contribution in [0.25, 0.3) is 0 Å². The Labute approximate surface area is 173 Å². The van der Waals surface area contributed by atoms with Crippen LogP contribution in [-0.2, 0) is 4.79 Å². The quantitative estimate of drug-likeness (QED) is 0.648. The van der Waals surface area contributed by atoms with Crippen LogP contribution in [0.3, 0.4) is 0 Å². The molecule has 1 aliphatic heterocycles. The monoisotopic (exact) mass is 413 g/mol. The molecule has 2 amide bonds. The van der Waals surface area contributed by atoms with E-state index in [1.54, 1.807) is 18.2 Å². The highest BCUT2D eigenvalue weighted by molar-refractivity contribution is 5.95. The van der Waals surface area contributed by atoms with E-state index in [2.05, 4.69) is 5.32 Å². The Kier molecular flexibility index (Phi) is 10.7. The largest absolute Gasteiger partial charge is 0.490 e. The molecule has 1 aromatic carbocycles. The lowest BCUT2D eigenvalue weighted by Gasteiger charge is -2.36. The van der Waals surface area contributed by atoms with Crippen molar-refractivity contribution in [2.75, 3.05) is 32.8 Å². The lowest BCUT2D eigenvalue weighted by molar-refractivity contribution is -0.121. The van der Waals surface area contributed by atoms with E-state index >= 15 is 0 Å². The number of nitrogens with zero attached hydrogens (tertiary/aromatic N) is 1. The predicted molar refractivity (Wildman–Crippen MR) is 111 cm³/mol. The Hall–Kier alpha value is -1.99. The molecule has 0 saturated carbocycles. The molecule has 8 heteroatoms. The molecular formula is C20H32ClN3O4. The minimum atomic E-state index is -0.0739. The Bertz CT molecular complexity index is 642. The highest BCUT2D eigenvalue weighted by atomic mass is 35.5. The van der Waals surface area contributed by atoms with Gasteiger partial charge in [-0.3, -0.25) is 9.59 Å². The first kappa shape index (κ1) is 24.0. The summed E-state index contributed by atoms with van der Waals surface area (Å²) in [6.07, 6.45) is 3.20. The van der Waals surface area contributed by atoms with Crippen LogP contribution in [0.15, 0.2) is 18.2 Å². The fraction of sp³-hybridized carbons (Fsp3) is 0.600. The minimum Gasteiger partial charge on any atom is -0.490 e. The van der Waals surface area contributed by atoms with Gasteiger partial charge in [0, 0.05) is 37.7 Å². The second-order valence-electron chi connectivity index (χ2n) is 6.52. The highest BCUT2D eigenvalue weighted by Gasteiger charge is 2.28. The van der Waals surface area contributed by atoms with Crippen LogP contribution in [0, 0.1) is 0 Å². The lowest BCUT2D eigenvalue weighted by atomic mass is 10.0. The van der Waals surface area contributed by atoms with Crippen molar-refractivity contribution in [2.45, 2.75) is 45.6 Å². The number of ether oxygens (including phenoxy) is 2. The van der Waals surface area contributed by atoms with Crippen LogP contribution in [0.5, 0.6) is 11.5 Å². The van der Waals surface area contributed by atoms with Gasteiger partial charge < -0.3 is 25.4 Å². The number of carbonyl (C=O) groups excluding carboxylic acids is 2. The van der Waals surface area contributed by atoms with Gasteiger partial charge in [-0.15, -0.1) is 12.4 Å². The first-order valence-corrected chi connectivity index (χ1v) is 9.78. The zero-order valence-electron chi connectivity index (χ0n) is 16.7. The Morgan fingerprint density at radius 3 is 2.57 bits per heavy atom. The van der Waals surface area contributed by atoms with E-state index in [1.165, 1.54) is 0 Å². The van der Waals surface area contributed by atoms with Crippen molar-refractivity contribution in [1.29, 1.82) is 0 Å². The second kappa shape index (κ2) is 12.5. The number of nitrogens with one attached hydrogen (secondary N) is 1. The van der Waals surface area contributed by atoms with Crippen LogP contribution < -0.4 is 20.5 Å². The van der Waals surface area contributed by atoms with Crippen LogP contribution >= 0.6 is 12.4 Å². The molecule has 2 rings (SSSR count). The molecule has 1 saturated heterocycles. The van der Waals surface area contributed by atoms with Gasteiger partial charge in [0.05, 0.1) is 13.2 Å². The van der Waals surface area contributed by atoms with Crippen molar-refractivity contribution in [1.82, 2.24) is 10.2 Å². The molecule has 1 atom stereocenters. The smallest absolute Gasteiger partial charge is 0.254 e. The number of halogens is 1. The average Bonchev–Trinajstić information content (AvgIpc) is 2.68. The lowest BCUT2D eigenvalue weighted by Crippen LogP contribution is -2.49. The van der Waals surface area contributed by atoms with Gasteiger partial charge in [0.2, 0.25) is 5.91 Å². The third-order valence-electron chi connectivity index (χ3n) is 4.58. The number of nitrogens with two attached hydrogens (primary N) is 1. The van der Waals surface area contributed by atoms with Gasteiger partial charge in [-0.2, -0.15) is 0 Å². The topological polar surface area (TPSA) is 93.9 Å².